The van der Waals surface area contributed by atoms with Gasteiger partial charge in [-0.25, -0.2) is 4.98 Å². The predicted octanol–water partition coefficient (Wildman–Crippen LogP) is 4.14. The summed E-state index contributed by atoms with van der Waals surface area (Å²) in [7, 11) is 0. The molecular formula is C33H43ClN6O4. The number of nitrogens with one attached hydrogen (secondary N) is 1. The molecule has 1 aromatic carbocycles. The van der Waals surface area contributed by atoms with E-state index >= 15 is 0 Å². The molecule has 1 saturated carbocycles. The number of carbonyl (C=O) groups is 2. The van der Waals surface area contributed by atoms with Crippen LogP contribution in [0.15, 0.2) is 36.5 Å². The Balaban J connectivity index is 1.10. The summed E-state index contributed by atoms with van der Waals surface area (Å²) in [5.41, 5.74) is 0.246. The smallest absolute Gasteiger partial charge is 0.317 e. The van der Waals surface area contributed by atoms with E-state index in [-0.39, 0.29) is 35.4 Å². The van der Waals surface area contributed by atoms with Gasteiger partial charge in [-0.3, -0.25) is 14.5 Å². The van der Waals surface area contributed by atoms with Gasteiger partial charge in [0.1, 0.15) is 23.7 Å². The number of carboxylic acids is 1. The van der Waals surface area contributed by atoms with E-state index in [0.29, 0.717) is 27.8 Å². The van der Waals surface area contributed by atoms with E-state index in [1.165, 1.54) is 0 Å². The molecule has 3 heterocycles. The number of aromatic nitrogens is 1. The number of carboxylic acid groups (broad SMARTS) is 1. The van der Waals surface area contributed by atoms with Gasteiger partial charge >= 0.3 is 5.97 Å². The van der Waals surface area contributed by atoms with E-state index < -0.39 is 5.97 Å². The fraction of sp³-hybridized carbons (Fsp3) is 0.576. The van der Waals surface area contributed by atoms with E-state index in [1.54, 1.807) is 24.4 Å². The van der Waals surface area contributed by atoms with Crippen molar-refractivity contribution in [2.45, 2.75) is 52.7 Å². The third-order valence-electron chi connectivity index (χ3n) is 9.73. The molecule has 2 aliphatic heterocycles. The Morgan fingerprint density at radius 1 is 1.09 bits per heavy atom. The number of carbonyl (C=O) groups excluding carboxylic acids is 1. The minimum absolute atomic E-state index is 0.125. The van der Waals surface area contributed by atoms with Crippen LogP contribution in [0.3, 0.4) is 0 Å². The molecule has 2 saturated heterocycles. The Morgan fingerprint density at radius 3 is 2.41 bits per heavy atom. The molecule has 0 spiro atoms. The van der Waals surface area contributed by atoms with Crippen molar-refractivity contribution in [1.82, 2.24) is 20.1 Å². The molecule has 2 N–H and O–H groups in total. The Kier molecular flexibility index (Phi) is 9.40. The summed E-state index contributed by atoms with van der Waals surface area (Å²) in [6.45, 7) is 14.9. The molecule has 10 nitrogen and oxygen atoms in total. The van der Waals surface area contributed by atoms with E-state index in [0.717, 1.165) is 64.5 Å². The number of halogens is 1. The molecule has 0 radical (unpaired) electrons. The summed E-state index contributed by atoms with van der Waals surface area (Å²) >= 11 is 6.21. The van der Waals surface area contributed by atoms with Crippen LogP contribution in [0, 0.1) is 28.1 Å². The number of rotatable bonds is 10. The second-order valence-electron chi connectivity index (χ2n) is 13.6. The molecule has 1 aromatic heterocycles. The van der Waals surface area contributed by atoms with Crippen LogP contribution in [-0.4, -0.2) is 96.3 Å². The first-order valence-electron chi connectivity index (χ1n) is 15.4. The topological polar surface area (TPSA) is 122 Å². The number of anilines is 1. The number of ether oxygens (including phenoxy) is 1. The van der Waals surface area contributed by atoms with Crippen LogP contribution in [-0.2, 0) is 4.79 Å². The Hall–Kier alpha value is -3.39. The third kappa shape index (κ3) is 6.80. The highest BCUT2D eigenvalue weighted by molar-refractivity contribution is 6.31. The number of nitrogens with zero attached hydrogens (tertiary/aromatic N) is 5. The minimum atomic E-state index is -0.759. The van der Waals surface area contributed by atoms with Crippen molar-refractivity contribution in [2.24, 2.45) is 16.7 Å². The maximum Gasteiger partial charge on any atom is 0.317 e. The molecule has 11 heteroatoms. The molecule has 1 unspecified atom stereocenters. The van der Waals surface area contributed by atoms with Crippen molar-refractivity contribution < 1.29 is 19.4 Å². The van der Waals surface area contributed by atoms with Crippen LogP contribution < -0.4 is 15.0 Å². The highest BCUT2D eigenvalue weighted by Crippen LogP contribution is 2.55. The summed E-state index contributed by atoms with van der Waals surface area (Å²) in [6, 6.07) is 10.8. The van der Waals surface area contributed by atoms with Gasteiger partial charge in [0.15, 0.2) is 0 Å². The molecule has 0 bridgehead atoms. The fourth-order valence-corrected chi connectivity index (χ4v) is 7.73. The average molecular weight is 623 g/mol. The first-order valence-corrected chi connectivity index (χ1v) is 15.8. The van der Waals surface area contributed by atoms with Crippen molar-refractivity contribution >= 4 is 29.3 Å². The molecule has 1 amide bonds. The van der Waals surface area contributed by atoms with Crippen molar-refractivity contribution in [1.29, 1.82) is 5.26 Å². The van der Waals surface area contributed by atoms with Crippen molar-refractivity contribution in [3.8, 4) is 11.8 Å². The van der Waals surface area contributed by atoms with Crippen LogP contribution in [0.25, 0.3) is 0 Å². The van der Waals surface area contributed by atoms with E-state index in [2.05, 4.69) is 53.9 Å². The third-order valence-corrected chi connectivity index (χ3v) is 10.0. The zero-order valence-corrected chi connectivity index (χ0v) is 26.8. The Morgan fingerprint density at radius 2 is 1.80 bits per heavy atom. The molecule has 1 atom stereocenters. The summed E-state index contributed by atoms with van der Waals surface area (Å²) in [6.07, 6.45) is 3.73. The highest BCUT2D eigenvalue weighted by atomic mass is 35.5. The molecule has 3 fully saturated rings. The quantitative estimate of drug-likeness (QED) is 0.403. The van der Waals surface area contributed by atoms with Gasteiger partial charge in [-0.2, -0.15) is 5.26 Å². The SMILES string of the molecule is CC1(C)[C@H](NC(=O)c2ccc(N3CCC(CCN4CCN(CC(=O)O)CC4)C3)nc2)C(C)(C)[C@H]1Oc1ccc(C#N)c(Cl)c1. The zero-order valence-electron chi connectivity index (χ0n) is 26.1. The lowest BCUT2D eigenvalue weighted by Gasteiger charge is -2.63. The van der Waals surface area contributed by atoms with Crippen LogP contribution in [0.5, 0.6) is 5.75 Å². The number of benzene rings is 1. The molecular weight excluding hydrogens is 580 g/mol. The van der Waals surface area contributed by atoms with Crippen LogP contribution in [0.2, 0.25) is 5.02 Å². The van der Waals surface area contributed by atoms with Gasteiger partial charge in [0.25, 0.3) is 5.91 Å². The Labute approximate surface area is 264 Å². The van der Waals surface area contributed by atoms with Crippen LogP contribution in [0.4, 0.5) is 5.82 Å². The van der Waals surface area contributed by atoms with E-state index in [9.17, 15) is 9.59 Å². The van der Waals surface area contributed by atoms with Crippen LogP contribution >= 0.6 is 11.6 Å². The lowest BCUT2D eigenvalue weighted by molar-refractivity contribution is -0.164. The molecule has 236 valence electrons. The first-order chi connectivity index (χ1) is 20.9. The summed E-state index contributed by atoms with van der Waals surface area (Å²) in [5, 5.41) is 21.7. The van der Waals surface area contributed by atoms with Gasteiger partial charge < -0.3 is 25.0 Å². The minimum Gasteiger partial charge on any atom is -0.489 e. The molecule has 44 heavy (non-hydrogen) atoms. The van der Waals surface area contributed by atoms with Crippen LogP contribution in [0.1, 0.15) is 56.5 Å². The maximum atomic E-state index is 13.3. The van der Waals surface area contributed by atoms with Crippen molar-refractivity contribution in [3.05, 3.63) is 52.7 Å². The van der Waals surface area contributed by atoms with E-state index in [1.807, 2.05) is 17.0 Å². The lowest BCUT2D eigenvalue weighted by atomic mass is 9.49. The summed E-state index contributed by atoms with van der Waals surface area (Å²) in [4.78, 5) is 35.6. The van der Waals surface area contributed by atoms with Crippen molar-refractivity contribution in [2.75, 3.05) is 57.3 Å². The number of piperazine rings is 1. The number of nitriles is 1. The summed E-state index contributed by atoms with van der Waals surface area (Å²) in [5.74, 6) is 1.17. The molecule has 5 rings (SSSR count). The second kappa shape index (κ2) is 12.9. The number of amides is 1. The standard InChI is InChI=1S/C33H43ClN6O4/c1-32(2)30(33(3,4)31(32)44-25-7-5-23(18-35)26(34)17-25)37-29(43)24-6-8-27(36-19-24)40-12-10-22(20-40)9-11-38-13-15-39(16-14-38)21-28(41)42/h5-8,17,19,22,30-31H,9-16,20-21H2,1-4H3,(H,37,43)(H,41,42)/t22?,30-,31-. The largest absolute Gasteiger partial charge is 0.489 e. The average Bonchev–Trinajstić information content (AvgIpc) is 3.47. The number of pyridine rings is 1. The molecule has 3 aliphatic rings. The second-order valence-corrected chi connectivity index (χ2v) is 14.0. The van der Waals surface area contributed by atoms with Gasteiger partial charge in [-0.1, -0.05) is 39.3 Å². The van der Waals surface area contributed by atoms with Gasteiger partial charge in [-0.05, 0) is 49.6 Å². The zero-order chi connectivity index (χ0) is 31.6. The van der Waals surface area contributed by atoms with Gasteiger partial charge in [0.05, 0.1) is 22.7 Å². The van der Waals surface area contributed by atoms with Gasteiger partial charge in [-0.15, -0.1) is 0 Å². The van der Waals surface area contributed by atoms with E-state index in [4.69, 9.17) is 26.7 Å². The van der Waals surface area contributed by atoms with Gasteiger partial charge in [0, 0.05) is 68.4 Å². The molecule has 2 aromatic rings. The van der Waals surface area contributed by atoms with Gasteiger partial charge in [0.2, 0.25) is 0 Å². The highest BCUT2D eigenvalue weighted by Gasteiger charge is 2.64. The predicted molar refractivity (Wildman–Crippen MR) is 169 cm³/mol. The number of hydrogen-bond acceptors (Lipinski definition) is 8. The first kappa shape index (κ1) is 32.0. The monoisotopic (exact) mass is 622 g/mol. The number of hydrogen-bond donors (Lipinski definition) is 2. The summed E-state index contributed by atoms with van der Waals surface area (Å²) < 4.78 is 6.34. The van der Waals surface area contributed by atoms with Crippen molar-refractivity contribution in [3.63, 3.8) is 0 Å². The maximum absolute atomic E-state index is 13.3. The number of aliphatic carboxylic acids is 1. The normalized spacial score (nSPS) is 24.7. The Bertz CT molecular complexity index is 1380. The fourth-order valence-electron chi connectivity index (χ4n) is 7.52. The molecule has 1 aliphatic carbocycles. The lowest BCUT2D eigenvalue weighted by Crippen LogP contribution is -2.74.